The van der Waals surface area contributed by atoms with E-state index in [1.807, 2.05) is 0 Å². The Kier molecular flexibility index (Phi) is 3.69. The van der Waals surface area contributed by atoms with Gasteiger partial charge in [0.25, 0.3) is 0 Å². The van der Waals surface area contributed by atoms with Crippen molar-refractivity contribution in [3.05, 3.63) is 0 Å². The van der Waals surface area contributed by atoms with Gasteiger partial charge in [-0.05, 0) is 25.7 Å². The molecule has 4 heteroatoms. The first-order valence-corrected chi connectivity index (χ1v) is 6.58. The SMILES string of the molecule is COC(=O)C1(NC(=O)C2CCC2)CCCCC1. The lowest BCUT2D eigenvalue weighted by Gasteiger charge is -2.37. The Balaban J connectivity index is 2.03. The molecular weight excluding hydrogens is 218 g/mol. The van der Waals surface area contributed by atoms with Gasteiger partial charge in [-0.25, -0.2) is 4.79 Å². The van der Waals surface area contributed by atoms with Crippen molar-refractivity contribution in [2.24, 2.45) is 5.92 Å². The van der Waals surface area contributed by atoms with E-state index in [1.54, 1.807) is 0 Å². The maximum absolute atomic E-state index is 12.0. The van der Waals surface area contributed by atoms with Gasteiger partial charge in [0.1, 0.15) is 5.54 Å². The second-order valence-corrected chi connectivity index (χ2v) is 5.25. The van der Waals surface area contributed by atoms with Crippen molar-refractivity contribution in [3.63, 3.8) is 0 Å². The minimum absolute atomic E-state index is 0.0450. The zero-order valence-electron chi connectivity index (χ0n) is 10.5. The summed E-state index contributed by atoms with van der Waals surface area (Å²) in [5, 5.41) is 2.97. The minimum atomic E-state index is -0.736. The molecule has 1 N–H and O–H groups in total. The lowest BCUT2D eigenvalue weighted by atomic mass is 9.79. The van der Waals surface area contributed by atoms with Gasteiger partial charge < -0.3 is 10.1 Å². The maximum atomic E-state index is 12.0. The van der Waals surface area contributed by atoms with Crippen LogP contribution in [0.25, 0.3) is 0 Å². The normalized spacial score (nSPS) is 23.6. The molecule has 0 heterocycles. The molecule has 4 nitrogen and oxygen atoms in total. The van der Waals surface area contributed by atoms with Crippen LogP contribution in [0.4, 0.5) is 0 Å². The van der Waals surface area contributed by atoms with Crippen LogP contribution in [0.3, 0.4) is 0 Å². The van der Waals surface area contributed by atoms with Gasteiger partial charge >= 0.3 is 5.97 Å². The van der Waals surface area contributed by atoms with Crippen molar-refractivity contribution in [3.8, 4) is 0 Å². The topological polar surface area (TPSA) is 55.4 Å². The standard InChI is InChI=1S/C13H21NO3/c1-17-12(16)13(8-3-2-4-9-13)14-11(15)10-6-5-7-10/h10H,2-9H2,1H3,(H,14,15). The summed E-state index contributed by atoms with van der Waals surface area (Å²) in [5.41, 5.74) is -0.736. The van der Waals surface area contributed by atoms with Crippen LogP contribution >= 0.6 is 0 Å². The fourth-order valence-corrected chi connectivity index (χ4v) is 2.74. The molecule has 2 aliphatic carbocycles. The molecule has 0 saturated heterocycles. The number of hydrogen-bond donors (Lipinski definition) is 1. The summed E-state index contributed by atoms with van der Waals surface area (Å²) in [5.74, 6) is -0.105. The molecule has 2 rings (SSSR count). The lowest BCUT2D eigenvalue weighted by Crippen LogP contribution is -2.57. The van der Waals surface area contributed by atoms with Crippen LogP contribution in [0.5, 0.6) is 0 Å². The first kappa shape index (κ1) is 12.4. The van der Waals surface area contributed by atoms with E-state index in [1.165, 1.54) is 7.11 Å². The first-order valence-electron chi connectivity index (χ1n) is 6.58. The molecule has 0 spiro atoms. The van der Waals surface area contributed by atoms with E-state index in [2.05, 4.69) is 5.32 Å². The molecule has 0 atom stereocenters. The second-order valence-electron chi connectivity index (χ2n) is 5.25. The molecule has 0 radical (unpaired) electrons. The molecule has 0 aromatic heterocycles. The number of rotatable bonds is 3. The fourth-order valence-electron chi connectivity index (χ4n) is 2.74. The van der Waals surface area contributed by atoms with E-state index < -0.39 is 5.54 Å². The predicted octanol–water partition coefficient (Wildman–Crippen LogP) is 1.78. The molecule has 96 valence electrons. The number of nitrogens with one attached hydrogen (secondary N) is 1. The number of methoxy groups -OCH3 is 1. The molecule has 0 aliphatic heterocycles. The Morgan fingerprint density at radius 1 is 1.12 bits per heavy atom. The van der Waals surface area contributed by atoms with Gasteiger partial charge in [-0.15, -0.1) is 0 Å². The lowest BCUT2D eigenvalue weighted by molar-refractivity contribution is -0.153. The van der Waals surface area contributed by atoms with Gasteiger partial charge in [0.15, 0.2) is 0 Å². The zero-order chi connectivity index (χ0) is 12.3. The fraction of sp³-hybridized carbons (Fsp3) is 0.846. The van der Waals surface area contributed by atoms with E-state index in [9.17, 15) is 9.59 Å². The summed E-state index contributed by atoms with van der Waals surface area (Å²) in [6.45, 7) is 0. The quantitative estimate of drug-likeness (QED) is 0.764. The van der Waals surface area contributed by atoms with Gasteiger partial charge in [0.05, 0.1) is 7.11 Å². The average Bonchev–Trinajstić information content (AvgIpc) is 2.26. The summed E-state index contributed by atoms with van der Waals surface area (Å²) in [4.78, 5) is 23.9. The monoisotopic (exact) mass is 239 g/mol. The summed E-state index contributed by atoms with van der Waals surface area (Å²) in [6.07, 6.45) is 7.60. The van der Waals surface area contributed by atoms with Crippen LogP contribution in [0.2, 0.25) is 0 Å². The van der Waals surface area contributed by atoms with E-state index >= 15 is 0 Å². The Morgan fingerprint density at radius 2 is 1.76 bits per heavy atom. The first-order chi connectivity index (χ1) is 8.18. The zero-order valence-corrected chi connectivity index (χ0v) is 10.5. The summed E-state index contributed by atoms with van der Waals surface area (Å²) >= 11 is 0. The Bertz CT molecular complexity index is 304. The van der Waals surface area contributed by atoms with Crippen molar-refractivity contribution in [1.82, 2.24) is 5.32 Å². The van der Waals surface area contributed by atoms with Crippen molar-refractivity contribution in [1.29, 1.82) is 0 Å². The number of esters is 1. The van der Waals surface area contributed by atoms with E-state index in [0.29, 0.717) is 0 Å². The third kappa shape index (κ3) is 2.45. The molecule has 0 unspecified atom stereocenters. The van der Waals surface area contributed by atoms with Crippen LogP contribution in [-0.4, -0.2) is 24.5 Å². The summed E-state index contributed by atoms with van der Waals surface area (Å²) < 4.78 is 4.87. The Labute approximate surface area is 102 Å². The van der Waals surface area contributed by atoms with Crippen LogP contribution in [-0.2, 0) is 14.3 Å². The smallest absolute Gasteiger partial charge is 0.331 e. The molecule has 2 aliphatic rings. The van der Waals surface area contributed by atoms with E-state index in [0.717, 1.165) is 51.4 Å². The second kappa shape index (κ2) is 5.07. The predicted molar refractivity (Wildman–Crippen MR) is 63.3 cm³/mol. The third-order valence-electron chi connectivity index (χ3n) is 4.12. The van der Waals surface area contributed by atoms with Crippen molar-refractivity contribution < 1.29 is 14.3 Å². The summed E-state index contributed by atoms with van der Waals surface area (Å²) in [7, 11) is 1.40. The largest absolute Gasteiger partial charge is 0.467 e. The third-order valence-corrected chi connectivity index (χ3v) is 4.12. The van der Waals surface area contributed by atoms with Crippen molar-refractivity contribution in [2.75, 3.05) is 7.11 Å². The van der Waals surface area contributed by atoms with Gasteiger partial charge in [0, 0.05) is 5.92 Å². The van der Waals surface area contributed by atoms with Gasteiger partial charge in [-0.3, -0.25) is 4.79 Å². The number of amides is 1. The molecule has 0 aromatic rings. The molecule has 0 bridgehead atoms. The van der Waals surface area contributed by atoms with Gasteiger partial charge in [-0.2, -0.15) is 0 Å². The van der Waals surface area contributed by atoms with E-state index in [4.69, 9.17) is 4.74 Å². The number of carbonyl (C=O) groups excluding carboxylic acids is 2. The molecule has 2 saturated carbocycles. The van der Waals surface area contributed by atoms with Crippen LogP contribution < -0.4 is 5.32 Å². The highest BCUT2D eigenvalue weighted by Crippen LogP contribution is 2.32. The molecule has 17 heavy (non-hydrogen) atoms. The van der Waals surface area contributed by atoms with Crippen LogP contribution in [0, 0.1) is 5.92 Å². The van der Waals surface area contributed by atoms with Crippen LogP contribution in [0.1, 0.15) is 51.4 Å². The van der Waals surface area contributed by atoms with Gasteiger partial charge in [-0.1, -0.05) is 25.7 Å². The molecule has 2 fully saturated rings. The molecule has 1 amide bonds. The Morgan fingerprint density at radius 3 is 2.24 bits per heavy atom. The van der Waals surface area contributed by atoms with E-state index in [-0.39, 0.29) is 17.8 Å². The number of ether oxygens (including phenoxy) is 1. The molecule has 0 aromatic carbocycles. The minimum Gasteiger partial charge on any atom is -0.467 e. The van der Waals surface area contributed by atoms with Gasteiger partial charge in [0.2, 0.25) is 5.91 Å². The number of carbonyl (C=O) groups is 2. The molecular formula is C13H21NO3. The number of hydrogen-bond acceptors (Lipinski definition) is 3. The summed E-state index contributed by atoms with van der Waals surface area (Å²) in [6, 6.07) is 0. The highest BCUT2D eigenvalue weighted by Gasteiger charge is 2.43. The van der Waals surface area contributed by atoms with Crippen molar-refractivity contribution >= 4 is 11.9 Å². The maximum Gasteiger partial charge on any atom is 0.331 e. The highest BCUT2D eigenvalue weighted by molar-refractivity contribution is 5.89. The Hall–Kier alpha value is -1.06. The average molecular weight is 239 g/mol. The highest BCUT2D eigenvalue weighted by atomic mass is 16.5. The van der Waals surface area contributed by atoms with Crippen LogP contribution in [0.15, 0.2) is 0 Å². The van der Waals surface area contributed by atoms with Crippen molar-refractivity contribution in [2.45, 2.75) is 56.9 Å².